The van der Waals surface area contributed by atoms with Gasteiger partial charge < -0.3 is 0 Å². The number of hydrogen-bond donors (Lipinski definition) is 0. The van der Waals surface area contributed by atoms with Gasteiger partial charge in [0.25, 0.3) is 0 Å². The summed E-state index contributed by atoms with van der Waals surface area (Å²) in [4.78, 5) is 11.7. The van der Waals surface area contributed by atoms with E-state index in [1.54, 1.807) is 6.92 Å². The molecule has 0 bridgehead atoms. The second-order valence-corrected chi connectivity index (χ2v) is 5.94. The van der Waals surface area contributed by atoms with Crippen molar-refractivity contribution in [2.24, 2.45) is 0 Å². The van der Waals surface area contributed by atoms with Gasteiger partial charge in [-0.05, 0) is 65.1 Å². The normalized spacial score (nSPS) is 12.1. The van der Waals surface area contributed by atoms with Crippen molar-refractivity contribution in [3.63, 3.8) is 0 Å². The number of carbonyl (C=O) groups excluding carboxylic acids is 1. The Labute approximate surface area is 127 Å². The Bertz CT molecular complexity index is 710. The molecule has 1 heteroatoms. The summed E-state index contributed by atoms with van der Waals surface area (Å²) in [7, 11) is 0. The first-order chi connectivity index (χ1) is 10.2. The number of Topliss-reactive ketones (excluding diaryl/α,β-unsaturated/α-hetero) is 1. The predicted molar refractivity (Wildman–Crippen MR) is 87.8 cm³/mol. The van der Waals surface area contributed by atoms with Gasteiger partial charge in [-0.25, -0.2) is 0 Å². The molecule has 0 fully saturated rings. The second-order valence-electron chi connectivity index (χ2n) is 5.94. The Morgan fingerprint density at radius 2 is 1.81 bits per heavy atom. The van der Waals surface area contributed by atoms with Gasteiger partial charge in [-0.15, -0.1) is 0 Å². The van der Waals surface area contributed by atoms with Crippen molar-refractivity contribution in [3.05, 3.63) is 58.1 Å². The maximum absolute atomic E-state index is 11.7. The van der Waals surface area contributed by atoms with Gasteiger partial charge in [0.15, 0.2) is 0 Å². The summed E-state index contributed by atoms with van der Waals surface area (Å²) in [5, 5.41) is 0. The Kier molecular flexibility index (Phi) is 3.67. The van der Waals surface area contributed by atoms with Crippen molar-refractivity contribution in [3.8, 4) is 11.1 Å². The summed E-state index contributed by atoms with van der Waals surface area (Å²) in [6.07, 6.45) is 3.59. The summed E-state index contributed by atoms with van der Waals surface area (Å²) in [5.41, 5.74) is 9.70. The lowest BCUT2D eigenvalue weighted by Gasteiger charge is -2.17. The second kappa shape index (κ2) is 5.48. The van der Waals surface area contributed by atoms with Gasteiger partial charge in [0, 0.05) is 6.42 Å². The standard InChI is InChI=1S/C20H22O/c1-4-14-11-20-17-9-7-6-8-15(17)12-19(20)16(5-2)18(14)10-13(3)21/h6-9,11H,4-5,10,12H2,1-3H3. The van der Waals surface area contributed by atoms with E-state index in [0.717, 1.165) is 19.3 Å². The van der Waals surface area contributed by atoms with Crippen molar-refractivity contribution in [2.45, 2.75) is 46.5 Å². The van der Waals surface area contributed by atoms with Crippen LogP contribution in [0.3, 0.4) is 0 Å². The number of carbonyl (C=O) groups is 1. The van der Waals surface area contributed by atoms with E-state index in [1.807, 2.05) is 0 Å². The fraction of sp³-hybridized carbons (Fsp3) is 0.350. The summed E-state index contributed by atoms with van der Waals surface area (Å²) in [6, 6.07) is 11.0. The molecule has 0 saturated carbocycles. The van der Waals surface area contributed by atoms with E-state index < -0.39 is 0 Å². The molecule has 0 N–H and O–H groups in total. The molecule has 1 aliphatic rings. The molecule has 1 nitrogen and oxygen atoms in total. The van der Waals surface area contributed by atoms with Gasteiger partial charge in [-0.2, -0.15) is 0 Å². The molecule has 2 aromatic carbocycles. The third-order valence-electron chi connectivity index (χ3n) is 4.59. The fourth-order valence-electron chi connectivity index (χ4n) is 3.67. The molecule has 0 radical (unpaired) electrons. The maximum atomic E-state index is 11.7. The van der Waals surface area contributed by atoms with E-state index in [4.69, 9.17) is 0 Å². The van der Waals surface area contributed by atoms with Crippen LogP contribution in [0.5, 0.6) is 0 Å². The highest BCUT2D eigenvalue weighted by molar-refractivity contribution is 5.83. The Morgan fingerprint density at radius 3 is 2.48 bits per heavy atom. The molecule has 1 aliphatic carbocycles. The molecule has 0 spiro atoms. The minimum atomic E-state index is 0.259. The molecule has 21 heavy (non-hydrogen) atoms. The number of aryl methyl sites for hydroxylation is 1. The average molecular weight is 278 g/mol. The molecule has 0 amide bonds. The van der Waals surface area contributed by atoms with E-state index >= 15 is 0 Å². The zero-order valence-corrected chi connectivity index (χ0v) is 13.1. The number of hydrogen-bond acceptors (Lipinski definition) is 1. The molecule has 3 rings (SSSR count). The van der Waals surface area contributed by atoms with E-state index in [9.17, 15) is 4.79 Å². The van der Waals surface area contributed by atoms with Gasteiger partial charge >= 0.3 is 0 Å². The monoisotopic (exact) mass is 278 g/mol. The SMILES string of the molecule is CCc1cc2c(c(CC)c1CC(C)=O)Cc1ccccc1-2. The van der Waals surface area contributed by atoms with Crippen LogP contribution in [0.1, 0.15) is 48.6 Å². The highest BCUT2D eigenvalue weighted by atomic mass is 16.1. The van der Waals surface area contributed by atoms with Crippen molar-refractivity contribution in [1.29, 1.82) is 0 Å². The smallest absolute Gasteiger partial charge is 0.134 e. The molecular formula is C20H22O. The van der Waals surface area contributed by atoms with Crippen LogP contribution in [-0.2, 0) is 30.5 Å². The van der Waals surface area contributed by atoms with Crippen LogP contribution in [0.15, 0.2) is 30.3 Å². The Balaban J connectivity index is 2.24. The molecule has 2 aromatic rings. The average Bonchev–Trinajstić information content (AvgIpc) is 2.84. The maximum Gasteiger partial charge on any atom is 0.134 e. The predicted octanol–water partition coefficient (Wildman–Crippen LogP) is 4.51. The first-order valence-corrected chi connectivity index (χ1v) is 7.89. The summed E-state index contributed by atoms with van der Waals surface area (Å²) < 4.78 is 0. The van der Waals surface area contributed by atoms with Gasteiger partial charge in [-0.3, -0.25) is 4.79 Å². The molecule has 0 unspecified atom stereocenters. The van der Waals surface area contributed by atoms with Crippen molar-refractivity contribution in [2.75, 3.05) is 0 Å². The third kappa shape index (κ3) is 2.31. The Morgan fingerprint density at radius 1 is 1.05 bits per heavy atom. The number of ketones is 1. The van der Waals surface area contributed by atoms with Crippen molar-refractivity contribution >= 4 is 5.78 Å². The lowest BCUT2D eigenvalue weighted by Crippen LogP contribution is -2.08. The first-order valence-electron chi connectivity index (χ1n) is 7.89. The molecule has 0 atom stereocenters. The van der Waals surface area contributed by atoms with Crippen molar-refractivity contribution in [1.82, 2.24) is 0 Å². The van der Waals surface area contributed by atoms with Crippen LogP contribution in [0.2, 0.25) is 0 Å². The van der Waals surface area contributed by atoms with Crippen LogP contribution >= 0.6 is 0 Å². The van der Waals surface area contributed by atoms with Gasteiger partial charge in [0.1, 0.15) is 5.78 Å². The molecule has 108 valence electrons. The zero-order valence-electron chi connectivity index (χ0n) is 13.1. The van der Waals surface area contributed by atoms with E-state index in [2.05, 4.69) is 44.2 Å². The minimum absolute atomic E-state index is 0.259. The van der Waals surface area contributed by atoms with Gasteiger partial charge in [0.05, 0.1) is 0 Å². The van der Waals surface area contributed by atoms with Crippen LogP contribution in [0, 0.1) is 0 Å². The third-order valence-corrected chi connectivity index (χ3v) is 4.59. The molecule has 0 aliphatic heterocycles. The van der Waals surface area contributed by atoms with Crippen molar-refractivity contribution < 1.29 is 4.79 Å². The van der Waals surface area contributed by atoms with E-state index in [-0.39, 0.29) is 5.78 Å². The quantitative estimate of drug-likeness (QED) is 0.686. The van der Waals surface area contributed by atoms with Crippen LogP contribution in [0.25, 0.3) is 11.1 Å². The Hall–Kier alpha value is -1.89. The van der Waals surface area contributed by atoms with Crippen LogP contribution in [0.4, 0.5) is 0 Å². The highest BCUT2D eigenvalue weighted by Gasteiger charge is 2.24. The lowest BCUT2D eigenvalue weighted by molar-refractivity contribution is -0.116. The topological polar surface area (TPSA) is 17.1 Å². The minimum Gasteiger partial charge on any atom is -0.300 e. The fourth-order valence-corrected chi connectivity index (χ4v) is 3.67. The van der Waals surface area contributed by atoms with E-state index in [1.165, 1.54) is 38.9 Å². The first kappa shape index (κ1) is 14.1. The van der Waals surface area contributed by atoms with Gasteiger partial charge in [0.2, 0.25) is 0 Å². The number of benzene rings is 2. The molecule has 0 saturated heterocycles. The lowest BCUT2D eigenvalue weighted by atomic mass is 9.87. The number of fused-ring (bicyclic) bond motifs is 3. The number of rotatable bonds is 4. The largest absolute Gasteiger partial charge is 0.300 e. The highest BCUT2D eigenvalue weighted by Crippen LogP contribution is 2.41. The summed E-state index contributed by atoms with van der Waals surface area (Å²) in [6.45, 7) is 6.09. The molecule has 0 aromatic heterocycles. The van der Waals surface area contributed by atoms with Crippen LogP contribution in [-0.4, -0.2) is 5.78 Å². The summed E-state index contributed by atoms with van der Waals surface area (Å²) in [5.74, 6) is 0.259. The van der Waals surface area contributed by atoms with Crippen LogP contribution < -0.4 is 0 Å². The molecule has 0 heterocycles. The van der Waals surface area contributed by atoms with E-state index in [0.29, 0.717) is 6.42 Å². The summed E-state index contributed by atoms with van der Waals surface area (Å²) >= 11 is 0. The molecular weight excluding hydrogens is 256 g/mol. The van der Waals surface area contributed by atoms with Gasteiger partial charge in [-0.1, -0.05) is 44.2 Å². The zero-order chi connectivity index (χ0) is 15.0.